The third kappa shape index (κ3) is 4.18. The first-order chi connectivity index (χ1) is 16.5. The van der Waals surface area contributed by atoms with Crippen molar-refractivity contribution >= 4 is 17.2 Å². The number of anilines is 1. The van der Waals surface area contributed by atoms with Gasteiger partial charge in [0.15, 0.2) is 11.6 Å². The Kier molecular flexibility index (Phi) is 5.64. The van der Waals surface area contributed by atoms with Crippen LogP contribution in [0.5, 0.6) is 11.6 Å². The summed E-state index contributed by atoms with van der Waals surface area (Å²) in [6.45, 7) is 2.50. The maximum atomic E-state index is 14.3. The number of benzene rings is 1. The van der Waals surface area contributed by atoms with Crippen molar-refractivity contribution in [2.45, 2.75) is 32.3 Å². The van der Waals surface area contributed by atoms with Crippen LogP contribution in [-0.4, -0.2) is 39.8 Å². The molecular formula is C24H26FN7O2. The number of halogens is 1. The van der Waals surface area contributed by atoms with Crippen LogP contribution >= 0.6 is 0 Å². The summed E-state index contributed by atoms with van der Waals surface area (Å²) < 4.78 is 27.6. The molecule has 1 aromatic carbocycles. The fraction of sp³-hybridized carbons (Fsp3) is 0.333. The van der Waals surface area contributed by atoms with Gasteiger partial charge in [-0.2, -0.15) is 5.10 Å². The molecule has 9 nitrogen and oxygen atoms in total. The van der Waals surface area contributed by atoms with E-state index in [-0.39, 0.29) is 11.6 Å². The van der Waals surface area contributed by atoms with E-state index in [0.29, 0.717) is 58.8 Å². The number of pyridine rings is 1. The lowest BCUT2D eigenvalue weighted by molar-refractivity contribution is 0.226. The minimum absolute atomic E-state index is 0.222. The van der Waals surface area contributed by atoms with Crippen molar-refractivity contribution in [1.82, 2.24) is 14.8 Å². The van der Waals surface area contributed by atoms with Gasteiger partial charge in [0, 0.05) is 36.4 Å². The molecule has 34 heavy (non-hydrogen) atoms. The Morgan fingerprint density at radius 1 is 1.26 bits per heavy atom. The highest BCUT2D eigenvalue weighted by molar-refractivity contribution is 6.48. The van der Waals surface area contributed by atoms with Gasteiger partial charge in [0.2, 0.25) is 5.88 Å². The summed E-state index contributed by atoms with van der Waals surface area (Å²) in [5.41, 5.74) is 9.99. The van der Waals surface area contributed by atoms with Crippen LogP contribution in [0.25, 0.3) is 5.69 Å². The average Bonchev–Trinajstić information content (AvgIpc) is 3.57. The normalized spacial score (nSPS) is 20.1. The summed E-state index contributed by atoms with van der Waals surface area (Å²) in [4.78, 5) is 9.19. The lowest BCUT2D eigenvalue weighted by Gasteiger charge is -2.22. The van der Waals surface area contributed by atoms with Gasteiger partial charge in [0.1, 0.15) is 11.9 Å². The standard InChI is InChI=1S/C24H26FN7O2/c1-13-18-8-16(25)5-6-20(18)32-17(10-22(31-32)33-2)9-19(30-27)23(28-11-14-3-4-14)15-7-21(34-13)24(26)29-12-15/h5-8,10,12-14H,3-4,9,11,27H2,1-2H3,(H2,26,29). The zero-order valence-electron chi connectivity index (χ0n) is 19.0. The largest absolute Gasteiger partial charge is 0.482 e. The van der Waals surface area contributed by atoms with Crippen LogP contribution in [-0.2, 0) is 6.42 Å². The minimum atomic E-state index is -0.554. The number of hydrogen-bond donors (Lipinski definition) is 2. The highest BCUT2D eigenvalue weighted by atomic mass is 19.1. The molecule has 1 aliphatic carbocycles. The van der Waals surface area contributed by atoms with Crippen LogP contribution < -0.4 is 21.1 Å². The van der Waals surface area contributed by atoms with Gasteiger partial charge in [-0.1, -0.05) is 0 Å². The lowest BCUT2D eigenvalue weighted by atomic mass is 10.0. The Morgan fingerprint density at radius 3 is 2.82 bits per heavy atom. The van der Waals surface area contributed by atoms with Gasteiger partial charge in [0.05, 0.1) is 29.9 Å². The molecule has 0 spiro atoms. The van der Waals surface area contributed by atoms with Gasteiger partial charge in [-0.25, -0.2) is 14.1 Å². The summed E-state index contributed by atoms with van der Waals surface area (Å²) in [6, 6.07) is 8.06. The van der Waals surface area contributed by atoms with E-state index in [1.54, 1.807) is 36.2 Å². The van der Waals surface area contributed by atoms with E-state index in [0.717, 1.165) is 18.5 Å². The number of hydrazone groups is 1. The Hall–Kier alpha value is -3.95. The molecule has 0 saturated heterocycles. The second-order valence-corrected chi connectivity index (χ2v) is 8.55. The molecular weight excluding hydrogens is 437 g/mol. The fourth-order valence-corrected chi connectivity index (χ4v) is 4.04. The lowest BCUT2D eigenvalue weighted by Crippen LogP contribution is -2.24. The molecule has 1 atom stereocenters. The van der Waals surface area contributed by atoms with Crippen LogP contribution in [0.2, 0.25) is 0 Å². The van der Waals surface area contributed by atoms with Crippen LogP contribution in [0.1, 0.15) is 42.7 Å². The number of ether oxygens (including phenoxy) is 2. The van der Waals surface area contributed by atoms with E-state index >= 15 is 0 Å². The molecule has 2 aromatic heterocycles. The Balaban J connectivity index is 1.73. The van der Waals surface area contributed by atoms with Gasteiger partial charge in [-0.3, -0.25) is 4.99 Å². The SMILES string of the molecule is COc1cc2n(n1)-c1ccc(F)cc1C(C)Oc1cc(cnc1N)C(=NCC1CC1)C(=NN)C2. The third-order valence-corrected chi connectivity index (χ3v) is 6.07. The smallest absolute Gasteiger partial charge is 0.233 e. The quantitative estimate of drug-likeness (QED) is 0.454. The van der Waals surface area contributed by atoms with Gasteiger partial charge in [-0.15, -0.1) is 5.10 Å². The average molecular weight is 464 g/mol. The number of hydrogen-bond acceptors (Lipinski definition) is 8. The predicted octanol–water partition coefficient (Wildman–Crippen LogP) is 3.21. The number of fused-ring (bicyclic) bond motifs is 5. The maximum Gasteiger partial charge on any atom is 0.233 e. The number of nitrogens with zero attached hydrogens (tertiary/aromatic N) is 5. The van der Waals surface area contributed by atoms with Crippen molar-refractivity contribution < 1.29 is 13.9 Å². The number of aliphatic imine (C=N–C) groups is 1. The molecule has 0 radical (unpaired) electrons. The van der Waals surface area contributed by atoms with Crippen molar-refractivity contribution in [3.8, 4) is 17.3 Å². The van der Waals surface area contributed by atoms with Crippen molar-refractivity contribution in [1.29, 1.82) is 0 Å². The molecule has 1 unspecified atom stereocenters. The first-order valence-electron chi connectivity index (χ1n) is 11.1. The van der Waals surface area contributed by atoms with Gasteiger partial charge in [0.25, 0.3) is 0 Å². The minimum Gasteiger partial charge on any atom is -0.482 e. The number of rotatable bonds is 3. The summed E-state index contributed by atoms with van der Waals surface area (Å²) in [6.07, 6.45) is 3.73. The second-order valence-electron chi connectivity index (χ2n) is 8.55. The van der Waals surface area contributed by atoms with E-state index < -0.39 is 6.10 Å². The topological polar surface area (TPSA) is 126 Å². The molecule has 1 fully saturated rings. The molecule has 4 N–H and O–H groups in total. The zero-order chi connectivity index (χ0) is 23.8. The highest BCUT2D eigenvalue weighted by Crippen LogP contribution is 2.33. The predicted molar refractivity (Wildman–Crippen MR) is 127 cm³/mol. The molecule has 0 amide bonds. The Morgan fingerprint density at radius 2 is 2.09 bits per heavy atom. The van der Waals surface area contributed by atoms with Crippen molar-refractivity contribution in [3.63, 3.8) is 0 Å². The fourth-order valence-electron chi connectivity index (χ4n) is 4.04. The molecule has 3 aromatic rings. The maximum absolute atomic E-state index is 14.3. The second kappa shape index (κ2) is 8.77. The molecule has 3 heterocycles. The third-order valence-electron chi connectivity index (χ3n) is 6.07. The molecule has 2 bridgehead atoms. The number of aromatic nitrogens is 3. The summed E-state index contributed by atoms with van der Waals surface area (Å²) in [5, 5.41) is 8.66. The van der Waals surface area contributed by atoms with Gasteiger partial charge < -0.3 is 21.1 Å². The van der Waals surface area contributed by atoms with Crippen molar-refractivity contribution in [3.05, 3.63) is 59.2 Å². The van der Waals surface area contributed by atoms with Gasteiger partial charge >= 0.3 is 0 Å². The summed E-state index contributed by atoms with van der Waals surface area (Å²) in [7, 11) is 1.54. The van der Waals surface area contributed by atoms with Crippen LogP contribution in [0.4, 0.5) is 10.2 Å². The van der Waals surface area contributed by atoms with E-state index in [4.69, 9.17) is 26.0 Å². The molecule has 10 heteroatoms. The molecule has 5 rings (SSSR count). The number of methoxy groups -OCH3 is 1. The van der Waals surface area contributed by atoms with Crippen LogP contribution in [0.3, 0.4) is 0 Å². The highest BCUT2D eigenvalue weighted by Gasteiger charge is 2.26. The van der Waals surface area contributed by atoms with Crippen molar-refractivity contribution in [2.75, 3.05) is 19.4 Å². The molecule has 2 aliphatic rings. The monoisotopic (exact) mass is 463 g/mol. The number of nitrogen functional groups attached to an aromatic ring is 1. The first kappa shape index (κ1) is 21.9. The molecule has 176 valence electrons. The summed E-state index contributed by atoms with van der Waals surface area (Å²) in [5.74, 6) is 7.06. The zero-order valence-corrected chi connectivity index (χ0v) is 19.0. The molecule has 1 aliphatic heterocycles. The van der Waals surface area contributed by atoms with Crippen molar-refractivity contribution in [2.24, 2.45) is 21.9 Å². The van der Waals surface area contributed by atoms with Crippen LogP contribution in [0.15, 0.2) is 46.6 Å². The Labute approximate surface area is 196 Å². The Bertz CT molecular complexity index is 1300. The van der Waals surface area contributed by atoms with E-state index in [2.05, 4.69) is 15.2 Å². The van der Waals surface area contributed by atoms with E-state index in [9.17, 15) is 4.39 Å². The number of nitrogens with two attached hydrogens (primary N) is 2. The molecule has 1 saturated carbocycles. The van der Waals surface area contributed by atoms with E-state index in [1.165, 1.54) is 12.1 Å². The van der Waals surface area contributed by atoms with Crippen LogP contribution in [0, 0.1) is 11.7 Å². The van der Waals surface area contributed by atoms with Gasteiger partial charge in [-0.05, 0) is 49.9 Å². The summed E-state index contributed by atoms with van der Waals surface area (Å²) >= 11 is 0. The first-order valence-corrected chi connectivity index (χ1v) is 11.1. The van der Waals surface area contributed by atoms with E-state index in [1.807, 2.05) is 6.92 Å².